The molecule has 3 nitrogen and oxygen atoms in total. The third-order valence-electron chi connectivity index (χ3n) is 4.03. The number of carbonyl (C=O) groups excluding carboxylic acids is 1. The Morgan fingerprint density at radius 3 is 2.68 bits per heavy atom. The smallest absolute Gasteiger partial charge is 0.182 e. The third-order valence-corrected chi connectivity index (χ3v) is 4.03. The molecule has 0 aliphatic rings. The molecule has 1 aromatic heterocycles. The highest BCUT2D eigenvalue weighted by Crippen LogP contribution is 2.24. The zero-order chi connectivity index (χ0) is 14.0. The van der Waals surface area contributed by atoms with Crippen LogP contribution in [-0.4, -0.2) is 35.3 Å². The molecular formula is C16H20N2O. The molecule has 0 amide bonds. The molecule has 1 atom stereocenters. The van der Waals surface area contributed by atoms with Crippen LogP contribution in [0, 0.1) is 0 Å². The lowest BCUT2D eigenvalue weighted by molar-refractivity contribution is 0.0711. The number of rotatable bonds is 4. The van der Waals surface area contributed by atoms with E-state index >= 15 is 0 Å². The Bertz CT molecular complexity index is 606. The van der Waals surface area contributed by atoms with Crippen molar-refractivity contribution in [2.75, 3.05) is 14.1 Å². The molecule has 1 aromatic carbocycles. The van der Waals surface area contributed by atoms with E-state index in [1.165, 1.54) is 0 Å². The molecule has 0 saturated carbocycles. The number of likely N-dealkylation sites (N-methyl/N-ethyl adjacent to an activating group) is 1. The number of Topliss-reactive ketones (excluding diaryl/α,β-unsaturated/α-hetero) is 1. The first-order valence-electron chi connectivity index (χ1n) is 6.56. The summed E-state index contributed by atoms with van der Waals surface area (Å²) in [7, 11) is 3.90. The van der Waals surface area contributed by atoms with Crippen molar-refractivity contribution in [2.24, 2.45) is 0 Å². The molecule has 2 rings (SSSR count). The van der Waals surface area contributed by atoms with Gasteiger partial charge in [-0.15, -0.1) is 0 Å². The standard InChI is InChI=1S/C16H20N2O/c1-5-16(2,18(3)4)15(19)13-8-9-14-12(11-13)7-6-10-17-14/h6-11H,5H2,1-4H3. The number of fused-ring (bicyclic) bond motifs is 1. The van der Waals surface area contributed by atoms with Gasteiger partial charge in [-0.2, -0.15) is 0 Å². The number of nitrogens with zero attached hydrogens (tertiary/aromatic N) is 2. The van der Waals surface area contributed by atoms with Crippen LogP contribution in [0.3, 0.4) is 0 Å². The Balaban J connectivity index is 2.46. The lowest BCUT2D eigenvalue weighted by Gasteiger charge is -2.34. The average Bonchev–Trinajstić information content (AvgIpc) is 2.44. The quantitative estimate of drug-likeness (QED) is 0.788. The topological polar surface area (TPSA) is 33.2 Å². The van der Waals surface area contributed by atoms with E-state index < -0.39 is 5.54 Å². The summed E-state index contributed by atoms with van der Waals surface area (Å²) in [6, 6.07) is 9.59. The van der Waals surface area contributed by atoms with Gasteiger partial charge in [0.05, 0.1) is 11.1 Å². The largest absolute Gasteiger partial charge is 0.297 e. The second-order valence-corrected chi connectivity index (χ2v) is 5.26. The second kappa shape index (κ2) is 5.10. The second-order valence-electron chi connectivity index (χ2n) is 5.26. The number of carbonyl (C=O) groups is 1. The zero-order valence-corrected chi connectivity index (χ0v) is 12.0. The van der Waals surface area contributed by atoms with Crippen molar-refractivity contribution in [1.29, 1.82) is 0 Å². The van der Waals surface area contributed by atoms with Gasteiger partial charge in [0, 0.05) is 17.1 Å². The van der Waals surface area contributed by atoms with Crippen molar-refractivity contribution in [3.63, 3.8) is 0 Å². The first-order valence-corrected chi connectivity index (χ1v) is 6.56. The Hall–Kier alpha value is -1.74. The number of aromatic nitrogens is 1. The first kappa shape index (κ1) is 13.7. The van der Waals surface area contributed by atoms with Crippen molar-refractivity contribution < 1.29 is 4.79 Å². The summed E-state index contributed by atoms with van der Waals surface area (Å²) in [5, 5.41) is 1.01. The summed E-state index contributed by atoms with van der Waals surface area (Å²) in [4.78, 5) is 19.0. The Labute approximate surface area is 114 Å². The maximum Gasteiger partial charge on any atom is 0.182 e. The van der Waals surface area contributed by atoms with Gasteiger partial charge in [-0.1, -0.05) is 13.0 Å². The molecule has 0 fully saturated rings. The fourth-order valence-corrected chi connectivity index (χ4v) is 2.21. The van der Waals surface area contributed by atoms with Crippen molar-refractivity contribution >= 4 is 16.7 Å². The summed E-state index contributed by atoms with van der Waals surface area (Å²) < 4.78 is 0. The molecule has 0 radical (unpaired) electrons. The summed E-state index contributed by atoms with van der Waals surface area (Å²) in [6.45, 7) is 4.03. The van der Waals surface area contributed by atoms with Gasteiger partial charge in [-0.05, 0) is 51.7 Å². The monoisotopic (exact) mass is 256 g/mol. The molecule has 2 aromatic rings. The van der Waals surface area contributed by atoms with Gasteiger partial charge < -0.3 is 0 Å². The van der Waals surface area contributed by atoms with E-state index in [0.29, 0.717) is 0 Å². The van der Waals surface area contributed by atoms with E-state index in [9.17, 15) is 4.79 Å². The lowest BCUT2D eigenvalue weighted by Crippen LogP contribution is -2.48. The molecule has 1 unspecified atom stereocenters. The zero-order valence-electron chi connectivity index (χ0n) is 12.0. The molecule has 0 bridgehead atoms. The van der Waals surface area contributed by atoms with Gasteiger partial charge in [0.15, 0.2) is 5.78 Å². The van der Waals surface area contributed by atoms with Gasteiger partial charge in [0.1, 0.15) is 0 Å². The number of benzene rings is 1. The average molecular weight is 256 g/mol. The first-order chi connectivity index (χ1) is 8.99. The molecule has 0 aliphatic heterocycles. The SMILES string of the molecule is CCC(C)(C(=O)c1ccc2ncccc2c1)N(C)C. The van der Waals surface area contributed by atoms with Crippen molar-refractivity contribution in [3.05, 3.63) is 42.1 Å². The minimum Gasteiger partial charge on any atom is -0.297 e. The summed E-state index contributed by atoms with van der Waals surface area (Å²) in [5.41, 5.74) is 1.20. The maximum atomic E-state index is 12.7. The van der Waals surface area contributed by atoms with Crippen molar-refractivity contribution in [3.8, 4) is 0 Å². The van der Waals surface area contributed by atoms with Gasteiger partial charge in [-0.3, -0.25) is 14.7 Å². The van der Waals surface area contributed by atoms with Gasteiger partial charge in [-0.25, -0.2) is 0 Å². The van der Waals surface area contributed by atoms with E-state index in [4.69, 9.17) is 0 Å². The van der Waals surface area contributed by atoms with Crippen LogP contribution < -0.4 is 0 Å². The van der Waals surface area contributed by atoms with E-state index in [1.54, 1.807) is 6.20 Å². The number of hydrogen-bond donors (Lipinski definition) is 0. The van der Waals surface area contributed by atoms with Crippen molar-refractivity contribution in [2.45, 2.75) is 25.8 Å². The molecular weight excluding hydrogens is 236 g/mol. The summed E-state index contributed by atoms with van der Waals surface area (Å²) >= 11 is 0. The molecule has 100 valence electrons. The van der Waals surface area contributed by atoms with Crippen LogP contribution in [0.25, 0.3) is 10.9 Å². The lowest BCUT2D eigenvalue weighted by atomic mass is 9.87. The number of pyridine rings is 1. The van der Waals surface area contributed by atoms with Crippen LogP contribution in [0.4, 0.5) is 0 Å². The van der Waals surface area contributed by atoms with E-state index in [0.717, 1.165) is 22.9 Å². The van der Waals surface area contributed by atoms with Crippen LogP contribution in [0.1, 0.15) is 30.6 Å². The molecule has 0 aliphatic carbocycles. The summed E-state index contributed by atoms with van der Waals surface area (Å²) in [6.07, 6.45) is 2.55. The molecule has 0 spiro atoms. The van der Waals surface area contributed by atoms with E-state index in [1.807, 2.05) is 63.2 Å². The fourth-order valence-electron chi connectivity index (χ4n) is 2.21. The van der Waals surface area contributed by atoms with Gasteiger partial charge in [0.2, 0.25) is 0 Å². The van der Waals surface area contributed by atoms with Crippen LogP contribution in [0.2, 0.25) is 0 Å². The van der Waals surface area contributed by atoms with E-state index in [-0.39, 0.29) is 5.78 Å². The minimum absolute atomic E-state index is 0.158. The number of hydrogen-bond acceptors (Lipinski definition) is 3. The Morgan fingerprint density at radius 1 is 1.32 bits per heavy atom. The van der Waals surface area contributed by atoms with Crippen LogP contribution >= 0.6 is 0 Å². The maximum absolute atomic E-state index is 12.7. The van der Waals surface area contributed by atoms with Gasteiger partial charge in [0.25, 0.3) is 0 Å². The fraction of sp³-hybridized carbons (Fsp3) is 0.375. The van der Waals surface area contributed by atoms with Gasteiger partial charge >= 0.3 is 0 Å². The van der Waals surface area contributed by atoms with Crippen LogP contribution in [0.5, 0.6) is 0 Å². The highest BCUT2D eigenvalue weighted by atomic mass is 16.1. The molecule has 0 saturated heterocycles. The minimum atomic E-state index is -0.462. The molecule has 3 heteroatoms. The Kier molecular flexibility index (Phi) is 3.67. The van der Waals surface area contributed by atoms with Crippen molar-refractivity contribution in [1.82, 2.24) is 9.88 Å². The van der Waals surface area contributed by atoms with Crippen LogP contribution in [-0.2, 0) is 0 Å². The number of ketones is 1. The normalized spacial score (nSPS) is 14.6. The highest BCUT2D eigenvalue weighted by Gasteiger charge is 2.34. The molecule has 1 heterocycles. The molecule has 0 N–H and O–H groups in total. The predicted octanol–water partition coefficient (Wildman–Crippen LogP) is 3.15. The third kappa shape index (κ3) is 2.38. The highest BCUT2D eigenvalue weighted by molar-refractivity contribution is 6.05. The molecule has 19 heavy (non-hydrogen) atoms. The van der Waals surface area contributed by atoms with E-state index in [2.05, 4.69) is 4.98 Å². The summed E-state index contributed by atoms with van der Waals surface area (Å²) in [5.74, 6) is 0.158. The van der Waals surface area contributed by atoms with Crippen LogP contribution in [0.15, 0.2) is 36.5 Å². The Morgan fingerprint density at radius 2 is 2.05 bits per heavy atom. The predicted molar refractivity (Wildman–Crippen MR) is 78.5 cm³/mol.